The Morgan fingerprint density at radius 1 is 1.15 bits per heavy atom. The Bertz CT molecular complexity index is 738. The molecule has 0 unspecified atom stereocenters. The second-order valence-corrected chi connectivity index (χ2v) is 4.28. The highest BCUT2D eigenvalue weighted by molar-refractivity contribution is 5.42. The van der Waals surface area contributed by atoms with E-state index in [4.69, 9.17) is 13.9 Å². The largest absolute Gasteiger partial charge is 0.459 e. The molecule has 1 aromatic carbocycles. The Balaban J connectivity index is 1.85. The summed E-state index contributed by atoms with van der Waals surface area (Å²) >= 11 is 0. The van der Waals surface area contributed by atoms with Gasteiger partial charge in [0.1, 0.15) is 0 Å². The lowest BCUT2D eigenvalue weighted by Gasteiger charge is -2.01. The molecule has 0 spiro atoms. The van der Waals surface area contributed by atoms with Crippen LogP contribution in [-0.2, 0) is 13.2 Å². The summed E-state index contributed by atoms with van der Waals surface area (Å²) in [6.45, 7) is 0.293. The van der Waals surface area contributed by atoms with E-state index >= 15 is 0 Å². The van der Waals surface area contributed by atoms with Crippen LogP contribution in [0, 0.1) is 0 Å². The van der Waals surface area contributed by atoms with Crippen molar-refractivity contribution in [2.24, 2.45) is 0 Å². The number of benzene rings is 1. The number of hydrogen-bond acceptors (Lipinski definition) is 5. The van der Waals surface area contributed by atoms with Crippen molar-refractivity contribution in [2.45, 2.75) is 13.2 Å². The molecule has 0 radical (unpaired) electrons. The van der Waals surface area contributed by atoms with Crippen molar-refractivity contribution >= 4 is 0 Å². The molecule has 0 bridgehead atoms. The predicted molar refractivity (Wildman–Crippen MR) is 69.9 cm³/mol. The van der Waals surface area contributed by atoms with Crippen LogP contribution in [0.1, 0.15) is 11.1 Å². The van der Waals surface area contributed by atoms with Gasteiger partial charge in [-0.2, -0.15) is 4.68 Å². The maximum Gasteiger partial charge on any atom is 0.437 e. The van der Waals surface area contributed by atoms with Crippen LogP contribution in [0.5, 0.6) is 0 Å². The predicted octanol–water partition coefficient (Wildman–Crippen LogP) is 1.64. The van der Waals surface area contributed by atoms with Gasteiger partial charge < -0.3 is 13.9 Å². The van der Waals surface area contributed by atoms with E-state index in [-0.39, 0.29) is 12.5 Å². The fraction of sp³-hybridized carbons (Fsp3) is 0.143. The zero-order valence-corrected chi connectivity index (χ0v) is 10.5. The molecule has 20 heavy (non-hydrogen) atoms. The van der Waals surface area contributed by atoms with Gasteiger partial charge in [0.25, 0.3) is 5.89 Å². The number of aliphatic hydroxyl groups is 1. The standard InChI is InChI=1S/C14H12N2O4/c17-9-11-5-3-10(4-6-11)8-16-14(18)20-13(15-16)12-2-1-7-19-12/h1-7,17H,8-9H2. The third-order valence-electron chi connectivity index (χ3n) is 2.88. The summed E-state index contributed by atoms with van der Waals surface area (Å²) in [7, 11) is 0. The molecule has 0 saturated heterocycles. The number of furan rings is 1. The Morgan fingerprint density at radius 2 is 1.90 bits per heavy atom. The van der Waals surface area contributed by atoms with Crippen LogP contribution in [0.2, 0.25) is 0 Å². The van der Waals surface area contributed by atoms with Crippen LogP contribution >= 0.6 is 0 Å². The molecule has 0 saturated carbocycles. The number of rotatable bonds is 4. The van der Waals surface area contributed by atoms with Crippen LogP contribution in [0.25, 0.3) is 11.7 Å². The Morgan fingerprint density at radius 3 is 2.55 bits per heavy atom. The Labute approximate surface area is 113 Å². The molecule has 1 N–H and O–H groups in total. The first-order valence-corrected chi connectivity index (χ1v) is 6.07. The maximum atomic E-state index is 11.7. The Kier molecular flexibility index (Phi) is 3.22. The van der Waals surface area contributed by atoms with Gasteiger partial charge in [-0.1, -0.05) is 24.3 Å². The molecule has 102 valence electrons. The van der Waals surface area contributed by atoms with E-state index in [2.05, 4.69) is 5.10 Å². The molecule has 6 heteroatoms. The van der Waals surface area contributed by atoms with Gasteiger partial charge in [0, 0.05) is 0 Å². The monoisotopic (exact) mass is 272 g/mol. The number of hydrogen-bond donors (Lipinski definition) is 1. The second-order valence-electron chi connectivity index (χ2n) is 4.28. The summed E-state index contributed by atoms with van der Waals surface area (Å²) in [5.74, 6) is 0.0334. The minimum absolute atomic E-state index is 0.00711. The normalized spacial score (nSPS) is 10.8. The third kappa shape index (κ3) is 2.41. The van der Waals surface area contributed by atoms with E-state index in [9.17, 15) is 4.79 Å². The third-order valence-corrected chi connectivity index (χ3v) is 2.88. The zero-order chi connectivity index (χ0) is 13.9. The quantitative estimate of drug-likeness (QED) is 0.780. The summed E-state index contributed by atoms with van der Waals surface area (Å²) in [5, 5.41) is 13.1. The molecular formula is C14H12N2O4. The smallest absolute Gasteiger partial charge is 0.437 e. The summed E-state index contributed by atoms with van der Waals surface area (Å²) in [6, 6.07) is 10.6. The number of aliphatic hydroxyl groups excluding tert-OH is 1. The highest BCUT2D eigenvalue weighted by Crippen LogP contribution is 2.15. The average molecular weight is 272 g/mol. The van der Waals surface area contributed by atoms with Crippen LogP contribution in [0.4, 0.5) is 0 Å². The molecule has 0 fully saturated rings. The molecule has 2 heterocycles. The zero-order valence-electron chi connectivity index (χ0n) is 10.5. The van der Waals surface area contributed by atoms with Crippen LogP contribution < -0.4 is 5.76 Å². The minimum atomic E-state index is -0.539. The highest BCUT2D eigenvalue weighted by Gasteiger charge is 2.12. The molecular weight excluding hydrogens is 260 g/mol. The molecule has 0 amide bonds. The molecule has 0 atom stereocenters. The second kappa shape index (κ2) is 5.18. The topological polar surface area (TPSA) is 81.4 Å². The fourth-order valence-corrected chi connectivity index (χ4v) is 1.83. The van der Waals surface area contributed by atoms with Crippen molar-refractivity contribution in [3.05, 3.63) is 64.3 Å². The lowest BCUT2D eigenvalue weighted by Crippen LogP contribution is -2.16. The van der Waals surface area contributed by atoms with E-state index < -0.39 is 5.76 Å². The molecule has 0 aliphatic carbocycles. The van der Waals surface area contributed by atoms with E-state index in [0.29, 0.717) is 12.3 Å². The lowest BCUT2D eigenvalue weighted by atomic mass is 10.1. The van der Waals surface area contributed by atoms with Gasteiger partial charge in [0.2, 0.25) is 0 Å². The van der Waals surface area contributed by atoms with E-state index in [1.54, 1.807) is 24.3 Å². The number of aromatic nitrogens is 2. The minimum Gasteiger partial charge on any atom is -0.459 e. The van der Waals surface area contributed by atoms with Crippen LogP contribution in [-0.4, -0.2) is 14.9 Å². The SMILES string of the molecule is O=c1oc(-c2ccco2)nn1Cc1ccc(CO)cc1. The van der Waals surface area contributed by atoms with Crippen LogP contribution in [0.15, 0.2) is 56.3 Å². The van der Waals surface area contributed by atoms with E-state index in [1.807, 2.05) is 12.1 Å². The van der Waals surface area contributed by atoms with E-state index in [0.717, 1.165) is 11.1 Å². The van der Waals surface area contributed by atoms with Gasteiger partial charge in [0.15, 0.2) is 5.76 Å². The van der Waals surface area contributed by atoms with Gasteiger partial charge in [-0.05, 0) is 23.3 Å². The van der Waals surface area contributed by atoms with Crippen molar-refractivity contribution in [1.82, 2.24) is 9.78 Å². The van der Waals surface area contributed by atoms with Gasteiger partial charge >= 0.3 is 5.76 Å². The summed E-state index contributed by atoms with van der Waals surface area (Å²) in [4.78, 5) is 11.7. The molecule has 0 aliphatic rings. The number of nitrogens with zero attached hydrogens (tertiary/aromatic N) is 2. The summed E-state index contributed by atoms with van der Waals surface area (Å²) < 4.78 is 11.4. The molecule has 0 aliphatic heterocycles. The van der Waals surface area contributed by atoms with Gasteiger partial charge in [-0.25, -0.2) is 4.79 Å². The maximum absolute atomic E-state index is 11.7. The highest BCUT2D eigenvalue weighted by atomic mass is 16.4. The molecule has 2 aromatic heterocycles. The molecule has 3 aromatic rings. The average Bonchev–Trinajstić information content (AvgIpc) is 3.10. The van der Waals surface area contributed by atoms with E-state index in [1.165, 1.54) is 10.9 Å². The first-order valence-electron chi connectivity index (χ1n) is 6.07. The van der Waals surface area contributed by atoms with Crippen molar-refractivity contribution in [3.63, 3.8) is 0 Å². The van der Waals surface area contributed by atoms with Crippen molar-refractivity contribution in [1.29, 1.82) is 0 Å². The van der Waals surface area contributed by atoms with Gasteiger partial charge in [-0.15, -0.1) is 5.10 Å². The van der Waals surface area contributed by atoms with Crippen molar-refractivity contribution in [3.8, 4) is 11.7 Å². The summed E-state index contributed by atoms with van der Waals surface area (Å²) in [6.07, 6.45) is 1.49. The lowest BCUT2D eigenvalue weighted by molar-refractivity contribution is 0.282. The van der Waals surface area contributed by atoms with Gasteiger partial charge in [0.05, 0.1) is 19.4 Å². The Hall–Kier alpha value is -2.60. The van der Waals surface area contributed by atoms with Crippen molar-refractivity contribution in [2.75, 3.05) is 0 Å². The molecule has 3 rings (SSSR count). The first-order chi connectivity index (χ1) is 9.76. The fourth-order valence-electron chi connectivity index (χ4n) is 1.83. The van der Waals surface area contributed by atoms with Crippen LogP contribution in [0.3, 0.4) is 0 Å². The van der Waals surface area contributed by atoms with Crippen molar-refractivity contribution < 1.29 is 13.9 Å². The summed E-state index contributed by atoms with van der Waals surface area (Å²) in [5.41, 5.74) is 1.71. The molecule has 6 nitrogen and oxygen atoms in total. The first kappa shape index (κ1) is 12.4. The van der Waals surface area contributed by atoms with Gasteiger partial charge in [-0.3, -0.25) is 0 Å².